The summed E-state index contributed by atoms with van der Waals surface area (Å²) in [5.74, 6) is -0.808. The van der Waals surface area contributed by atoms with Gasteiger partial charge in [0.05, 0.1) is 23.3 Å². The number of allylic oxidation sites excluding steroid dienone is 2. The van der Waals surface area contributed by atoms with Crippen LogP contribution in [0.5, 0.6) is 0 Å². The van der Waals surface area contributed by atoms with Crippen LogP contribution in [-0.4, -0.2) is 31.6 Å². The molecule has 1 aliphatic carbocycles. The first-order valence-electron chi connectivity index (χ1n) is 10.5. The largest absolute Gasteiger partial charge is 0.369 e. The third kappa shape index (κ3) is 3.62. The maximum absolute atomic E-state index is 13.2. The molecule has 0 aliphatic heterocycles. The molecule has 8 nitrogen and oxygen atoms in total. The first kappa shape index (κ1) is 21.5. The summed E-state index contributed by atoms with van der Waals surface area (Å²) in [6.45, 7) is 8.04. The van der Waals surface area contributed by atoms with Crippen molar-refractivity contribution in [3.05, 3.63) is 65.3 Å². The minimum atomic E-state index is -1.17. The molecule has 3 aromatic rings. The Morgan fingerprint density at radius 2 is 2.03 bits per heavy atom. The van der Waals surface area contributed by atoms with Crippen LogP contribution in [0.3, 0.4) is 0 Å². The van der Waals surface area contributed by atoms with Crippen LogP contribution in [0.25, 0.3) is 11.0 Å². The molecule has 4 rings (SSSR count). The molecule has 4 N–H and O–H groups in total. The summed E-state index contributed by atoms with van der Waals surface area (Å²) in [5.41, 5.74) is 8.71. The summed E-state index contributed by atoms with van der Waals surface area (Å²) < 4.78 is 1.69. The summed E-state index contributed by atoms with van der Waals surface area (Å²) in [7, 11) is 1.80. The standard InChI is InChI=1S/C24H28N6O2/c1-14-6-8-24(22(25)32,19-11-18(23(2,3)4)29-30(19)5)12-17(14)21(31)28-16-10-15-7-9-26-20(15)27-13-16/h6-11,13H,12H2,1-5H3,(H2,25,32)(H,26,27)(H,28,31). The fraction of sp³-hybridized carbons (Fsp3) is 0.333. The van der Waals surface area contributed by atoms with Gasteiger partial charge in [-0.1, -0.05) is 32.9 Å². The molecule has 32 heavy (non-hydrogen) atoms. The number of nitrogens with one attached hydrogen (secondary N) is 2. The van der Waals surface area contributed by atoms with E-state index in [1.165, 1.54) is 0 Å². The van der Waals surface area contributed by atoms with E-state index < -0.39 is 11.3 Å². The Morgan fingerprint density at radius 3 is 2.69 bits per heavy atom. The monoisotopic (exact) mass is 432 g/mol. The lowest BCUT2D eigenvalue weighted by molar-refractivity contribution is -0.122. The number of rotatable bonds is 4. The molecule has 0 fully saturated rings. The number of nitrogens with zero attached hydrogens (tertiary/aromatic N) is 3. The molecular formula is C24H28N6O2. The first-order chi connectivity index (χ1) is 15.0. The van der Waals surface area contributed by atoms with Gasteiger partial charge in [0.2, 0.25) is 5.91 Å². The van der Waals surface area contributed by atoms with Crippen molar-refractivity contribution in [2.24, 2.45) is 12.8 Å². The number of aromatic nitrogens is 4. The van der Waals surface area contributed by atoms with E-state index in [4.69, 9.17) is 5.73 Å². The molecule has 0 aromatic carbocycles. The highest BCUT2D eigenvalue weighted by atomic mass is 16.2. The number of H-pyrrole nitrogens is 1. The summed E-state index contributed by atoms with van der Waals surface area (Å²) in [5, 5.41) is 8.42. The molecule has 1 aliphatic rings. The van der Waals surface area contributed by atoms with Crippen LogP contribution >= 0.6 is 0 Å². The number of amides is 2. The number of aromatic amines is 1. The van der Waals surface area contributed by atoms with Gasteiger partial charge in [-0.3, -0.25) is 14.3 Å². The topological polar surface area (TPSA) is 119 Å². The average molecular weight is 433 g/mol. The van der Waals surface area contributed by atoms with Gasteiger partial charge in [0.15, 0.2) is 0 Å². The van der Waals surface area contributed by atoms with Gasteiger partial charge >= 0.3 is 0 Å². The van der Waals surface area contributed by atoms with Crippen LogP contribution in [0.1, 0.15) is 45.5 Å². The second kappa shape index (κ2) is 7.47. The molecule has 0 saturated carbocycles. The van der Waals surface area contributed by atoms with E-state index in [-0.39, 0.29) is 17.7 Å². The Kier molecular flexibility index (Phi) is 5.03. The number of carbonyl (C=O) groups is 2. The highest BCUT2D eigenvalue weighted by Crippen LogP contribution is 2.39. The molecular weight excluding hydrogens is 404 g/mol. The number of hydrogen-bond donors (Lipinski definition) is 3. The number of nitrogens with two attached hydrogens (primary N) is 1. The highest BCUT2D eigenvalue weighted by Gasteiger charge is 2.43. The van der Waals surface area contributed by atoms with Crippen LogP contribution < -0.4 is 11.1 Å². The van der Waals surface area contributed by atoms with Crippen molar-refractivity contribution in [3.63, 3.8) is 0 Å². The van der Waals surface area contributed by atoms with Gasteiger partial charge in [0.25, 0.3) is 5.91 Å². The normalized spacial score (nSPS) is 18.9. The number of hydrogen-bond acceptors (Lipinski definition) is 4. The van der Waals surface area contributed by atoms with Crippen LogP contribution in [0.4, 0.5) is 5.69 Å². The third-order valence-corrected chi connectivity index (χ3v) is 6.03. The van der Waals surface area contributed by atoms with Gasteiger partial charge in [-0.25, -0.2) is 4.98 Å². The van der Waals surface area contributed by atoms with Crippen molar-refractivity contribution in [2.75, 3.05) is 5.32 Å². The second-order valence-corrected chi connectivity index (χ2v) is 9.39. The van der Waals surface area contributed by atoms with Crippen LogP contribution in [0, 0.1) is 0 Å². The number of primary amides is 1. The molecule has 3 heterocycles. The zero-order valence-corrected chi connectivity index (χ0v) is 19.0. The van der Waals surface area contributed by atoms with E-state index >= 15 is 0 Å². The number of carbonyl (C=O) groups excluding carboxylic acids is 2. The van der Waals surface area contributed by atoms with Gasteiger partial charge in [0.1, 0.15) is 11.1 Å². The number of aryl methyl sites for hydroxylation is 1. The summed E-state index contributed by atoms with van der Waals surface area (Å²) in [6, 6.07) is 5.65. The van der Waals surface area contributed by atoms with E-state index in [1.54, 1.807) is 36.3 Å². The van der Waals surface area contributed by atoms with Crippen LogP contribution in [0.2, 0.25) is 0 Å². The molecule has 0 bridgehead atoms. The quantitative estimate of drug-likeness (QED) is 0.586. The van der Waals surface area contributed by atoms with E-state index in [2.05, 4.69) is 41.2 Å². The molecule has 0 saturated heterocycles. The Hall–Kier alpha value is -3.68. The Balaban J connectivity index is 1.68. The SMILES string of the molecule is CC1=C(C(=O)Nc2cnc3[nH]ccc3c2)CC(C(N)=O)(c2cc(C(C)(C)C)nn2C)C=C1. The smallest absolute Gasteiger partial charge is 0.251 e. The zero-order chi connectivity index (χ0) is 23.3. The van der Waals surface area contributed by atoms with Crippen LogP contribution in [-0.2, 0) is 27.5 Å². The van der Waals surface area contributed by atoms with E-state index in [9.17, 15) is 9.59 Å². The molecule has 3 aromatic heterocycles. The Labute approximate surface area is 186 Å². The maximum atomic E-state index is 13.2. The molecule has 1 unspecified atom stereocenters. The molecule has 0 spiro atoms. The summed E-state index contributed by atoms with van der Waals surface area (Å²) in [6.07, 6.45) is 7.13. The van der Waals surface area contributed by atoms with Gasteiger partial charge < -0.3 is 16.0 Å². The van der Waals surface area contributed by atoms with Crippen molar-refractivity contribution < 1.29 is 9.59 Å². The van der Waals surface area contributed by atoms with Crippen molar-refractivity contribution in [3.8, 4) is 0 Å². The predicted molar refractivity (Wildman–Crippen MR) is 124 cm³/mol. The molecule has 166 valence electrons. The van der Waals surface area contributed by atoms with Crippen molar-refractivity contribution in [1.82, 2.24) is 19.7 Å². The average Bonchev–Trinajstić information content (AvgIpc) is 3.34. The van der Waals surface area contributed by atoms with Crippen molar-refractivity contribution in [2.45, 2.75) is 44.9 Å². The Morgan fingerprint density at radius 1 is 1.28 bits per heavy atom. The Bertz CT molecular complexity index is 1290. The molecule has 0 radical (unpaired) electrons. The second-order valence-electron chi connectivity index (χ2n) is 9.39. The minimum Gasteiger partial charge on any atom is -0.369 e. The number of fused-ring (bicyclic) bond motifs is 1. The van der Waals surface area contributed by atoms with Gasteiger partial charge in [-0.05, 0) is 30.7 Å². The first-order valence-corrected chi connectivity index (χ1v) is 10.5. The molecule has 8 heteroatoms. The number of anilines is 1. The van der Waals surface area contributed by atoms with E-state index in [1.807, 2.05) is 25.1 Å². The van der Waals surface area contributed by atoms with Crippen molar-refractivity contribution >= 4 is 28.5 Å². The zero-order valence-electron chi connectivity index (χ0n) is 19.0. The van der Waals surface area contributed by atoms with Crippen molar-refractivity contribution in [1.29, 1.82) is 0 Å². The maximum Gasteiger partial charge on any atom is 0.251 e. The minimum absolute atomic E-state index is 0.152. The lowest BCUT2D eigenvalue weighted by atomic mass is 9.72. The molecule has 1 atom stereocenters. The summed E-state index contributed by atoms with van der Waals surface area (Å²) in [4.78, 5) is 33.4. The van der Waals surface area contributed by atoms with Crippen LogP contribution in [0.15, 0.2) is 53.9 Å². The highest BCUT2D eigenvalue weighted by molar-refractivity contribution is 6.06. The third-order valence-electron chi connectivity index (χ3n) is 6.03. The molecule has 2 amide bonds. The lowest BCUT2D eigenvalue weighted by Gasteiger charge is -2.31. The lowest BCUT2D eigenvalue weighted by Crippen LogP contribution is -2.43. The van der Waals surface area contributed by atoms with E-state index in [0.717, 1.165) is 22.3 Å². The fourth-order valence-electron chi connectivity index (χ4n) is 4.04. The van der Waals surface area contributed by atoms with Gasteiger partial charge in [-0.15, -0.1) is 0 Å². The van der Waals surface area contributed by atoms with E-state index in [0.29, 0.717) is 17.0 Å². The predicted octanol–water partition coefficient (Wildman–Crippen LogP) is 3.23. The summed E-state index contributed by atoms with van der Waals surface area (Å²) >= 11 is 0. The van der Waals surface area contributed by atoms with Gasteiger partial charge in [-0.2, -0.15) is 5.10 Å². The number of pyridine rings is 1. The van der Waals surface area contributed by atoms with Gasteiger partial charge in [0, 0.05) is 36.0 Å². The fourth-order valence-corrected chi connectivity index (χ4v) is 4.04.